The minimum atomic E-state index is -0.678. The summed E-state index contributed by atoms with van der Waals surface area (Å²) in [6, 6.07) is 0. The van der Waals surface area contributed by atoms with E-state index < -0.39 is 16.4 Å². The maximum absolute atomic E-state index is 12.2. The number of hydrogen-bond donors (Lipinski definition) is 1. The van der Waals surface area contributed by atoms with E-state index in [9.17, 15) is 9.32 Å². The lowest BCUT2D eigenvalue weighted by molar-refractivity contribution is -0.0816. The van der Waals surface area contributed by atoms with Crippen LogP contribution in [0.3, 0.4) is 0 Å². The Morgan fingerprint density at radius 3 is 2.24 bits per heavy atom. The fourth-order valence-electron chi connectivity index (χ4n) is 3.89. The van der Waals surface area contributed by atoms with Gasteiger partial charge in [0, 0.05) is 34.5 Å². The molecule has 0 spiro atoms. The molecule has 3 heterocycles. The van der Waals surface area contributed by atoms with Crippen LogP contribution >= 0.6 is 0 Å². The van der Waals surface area contributed by atoms with Gasteiger partial charge in [0.2, 0.25) is 0 Å². The molecule has 0 aromatic carbocycles. The van der Waals surface area contributed by atoms with Crippen LogP contribution in [0.25, 0.3) is 0 Å². The Bertz CT molecular complexity index is 296. The van der Waals surface area contributed by atoms with E-state index in [1.54, 1.807) is 0 Å². The summed E-state index contributed by atoms with van der Waals surface area (Å²) < 4.78 is 17.5. The lowest BCUT2D eigenvalue weighted by atomic mass is 9.73. The molecule has 2 bridgehead atoms. The van der Waals surface area contributed by atoms with Crippen LogP contribution in [0.5, 0.6) is 0 Å². The van der Waals surface area contributed by atoms with Gasteiger partial charge in [0.25, 0.3) is 0 Å². The van der Waals surface area contributed by atoms with Crippen molar-refractivity contribution >= 4 is 10.8 Å². The van der Waals surface area contributed by atoms with Crippen molar-refractivity contribution in [3.05, 3.63) is 0 Å². The molecule has 0 amide bonds. The van der Waals surface area contributed by atoms with Crippen molar-refractivity contribution in [1.82, 2.24) is 0 Å². The van der Waals surface area contributed by atoms with E-state index in [1.807, 2.05) is 0 Å². The van der Waals surface area contributed by atoms with Gasteiger partial charge in [-0.25, -0.2) is 0 Å². The SMILES string of the molecule is O=S1C2CCCC1CC(O)(C1CCOCC1)C2. The molecule has 0 aromatic rings. The quantitative estimate of drug-likeness (QED) is 0.777. The first-order valence-corrected chi connectivity index (χ1v) is 8.16. The highest BCUT2D eigenvalue weighted by Crippen LogP contribution is 2.45. The average Bonchev–Trinajstić information content (AvgIpc) is 2.33. The van der Waals surface area contributed by atoms with Gasteiger partial charge in [0.1, 0.15) is 0 Å². The van der Waals surface area contributed by atoms with Crippen LogP contribution in [-0.4, -0.2) is 38.6 Å². The van der Waals surface area contributed by atoms with E-state index in [1.165, 1.54) is 6.42 Å². The highest BCUT2D eigenvalue weighted by Gasteiger charge is 2.49. The van der Waals surface area contributed by atoms with Gasteiger partial charge in [0.05, 0.1) is 5.60 Å². The minimum absolute atomic E-state index is 0.260. The fraction of sp³-hybridized carbons (Fsp3) is 1.00. The van der Waals surface area contributed by atoms with E-state index >= 15 is 0 Å². The highest BCUT2D eigenvalue weighted by atomic mass is 32.2. The van der Waals surface area contributed by atoms with Gasteiger partial charge in [0.15, 0.2) is 0 Å². The number of fused-ring (bicyclic) bond motifs is 2. The number of aliphatic hydroxyl groups is 1. The van der Waals surface area contributed by atoms with Crippen molar-refractivity contribution < 1.29 is 14.1 Å². The van der Waals surface area contributed by atoms with E-state index in [4.69, 9.17) is 4.74 Å². The van der Waals surface area contributed by atoms with Gasteiger partial charge in [-0.05, 0) is 44.4 Å². The Hall–Kier alpha value is 0.0700. The van der Waals surface area contributed by atoms with Gasteiger partial charge in [-0.1, -0.05) is 6.42 Å². The minimum Gasteiger partial charge on any atom is -0.390 e. The molecule has 0 saturated carbocycles. The van der Waals surface area contributed by atoms with Crippen LogP contribution in [0.2, 0.25) is 0 Å². The number of ether oxygens (including phenoxy) is 1. The van der Waals surface area contributed by atoms with Crippen molar-refractivity contribution in [2.24, 2.45) is 5.92 Å². The third kappa shape index (κ3) is 2.20. The second kappa shape index (κ2) is 4.63. The Balaban J connectivity index is 1.76. The van der Waals surface area contributed by atoms with Crippen LogP contribution in [0.1, 0.15) is 44.9 Å². The van der Waals surface area contributed by atoms with Crippen LogP contribution in [0.15, 0.2) is 0 Å². The molecular weight excluding hydrogens is 236 g/mol. The highest BCUT2D eigenvalue weighted by molar-refractivity contribution is 7.86. The van der Waals surface area contributed by atoms with Crippen LogP contribution in [0.4, 0.5) is 0 Å². The Morgan fingerprint density at radius 1 is 1.06 bits per heavy atom. The van der Waals surface area contributed by atoms with Crippen LogP contribution in [0, 0.1) is 5.92 Å². The molecule has 4 heteroatoms. The third-order valence-electron chi connectivity index (χ3n) is 4.85. The van der Waals surface area contributed by atoms with E-state index in [-0.39, 0.29) is 10.5 Å². The van der Waals surface area contributed by atoms with E-state index in [2.05, 4.69) is 0 Å². The Kier molecular flexibility index (Phi) is 3.30. The number of rotatable bonds is 1. The Labute approximate surface area is 105 Å². The summed E-state index contributed by atoms with van der Waals surface area (Å²) >= 11 is 0. The van der Waals surface area contributed by atoms with Gasteiger partial charge < -0.3 is 9.84 Å². The smallest absolute Gasteiger partial charge is 0.0700 e. The van der Waals surface area contributed by atoms with Crippen molar-refractivity contribution in [3.8, 4) is 0 Å². The number of hydrogen-bond acceptors (Lipinski definition) is 3. The summed E-state index contributed by atoms with van der Waals surface area (Å²) in [6.07, 6.45) is 6.78. The normalized spacial score (nSPS) is 47.9. The lowest BCUT2D eigenvalue weighted by Crippen LogP contribution is -2.53. The molecule has 2 atom stereocenters. The first kappa shape index (κ1) is 12.1. The molecule has 2 unspecified atom stereocenters. The molecule has 17 heavy (non-hydrogen) atoms. The Morgan fingerprint density at radius 2 is 1.65 bits per heavy atom. The van der Waals surface area contributed by atoms with Crippen molar-refractivity contribution in [1.29, 1.82) is 0 Å². The van der Waals surface area contributed by atoms with Crippen molar-refractivity contribution in [2.75, 3.05) is 13.2 Å². The summed E-state index contributed by atoms with van der Waals surface area (Å²) in [7, 11) is -0.678. The van der Waals surface area contributed by atoms with E-state index in [0.717, 1.165) is 51.7 Å². The standard InChI is InChI=1S/C13H22O3S/c14-13(10-4-6-16-7-5-10)8-11-2-1-3-12(9-13)17(11)15/h10-12,14H,1-9H2. The molecule has 98 valence electrons. The molecular formula is C13H22O3S. The molecule has 0 radical (unpaired) electrons. The molecule has 3 nitrogen and oxygen atoms in total. The second-order valence-electron chi connectivity index (χ2n) is 5.90. The zero-order valence-corrected chi connectivity index (χ0v) is 11.1. The molecule has 3 fully saturated rings. The maximum Gasteiger partial charge on any atom is 0.0700 e. The van der Waals surface area contributed by atoms with Gasteiger partial charge >= 0.3 is 0 Å². The molecule has 3 aliphatic heterocycles. The first-order valence-electron chi connectivity index (χ1n) is 6.88. The molecule has 3 rings (SSSR count). The van der Waals surface area contributed by atoms with Crippen LogP contribution in [-0.2, 0) is 15.5 Å². The summed E-state index contributed by atoms with van der Waals surface area (Å²) in [5.74, 6) is 0.372. The summed E-state index contributed by atoms with van der Waals surface area (Å²) in [4.78, 5) is 0. The predicted molar refractivity (Wildman–Crippen MR) is 67.3 cm³/mol. The molecule has 1 N–H and O–H groups in total. The largest absolute Gasteiger partial charge is 0.390 e. The summed E-state index contributed by atoms with van der Waals surface area (Å²) in [5.41, 5.74) is -0.548. The van der Waals surface area contributed by atoms with Crippen molar-refractivity contribution in [2.45, 2.75) is 61.0 Å². The van der Waals surface area contributed by atoms with Crippen LogP contribution < -0.4 is 0 Å². The summed E-state index contributed by atoms with van der Waals surface area (Å²) in [5, 5.41) is 11.4. The average molecular weight is 258 g/mol. The van der Waals surface area contributed by atoms with Gasteiger partial charge in [-0.15, -0.1) is 0 Å². The van der Waals surface area contributed by atoms with Gasteiger partial charge in [-0.2, -0.15) is 0 Å². The maximum atomic E-state index is 12.2. The zero-order chi connectivity index (χ0) is 11.9. The molecule has 0 aliphatic carbocycles. The molecule has 0 aromatic heterocycles. The fourth-order valence-corrected chi connectivity index (χ4v) is 6.13. The van der Waals surface area contributed by atoms with Crippen molar-refractivity contribution in [3.63, 3.8) is 0 Å². The topological polar surface area (TPSA) is 46.5 Å². The molecule has 3 aliphatic rings. The monoisotopic (exact) mass is 258 g/mol. The predicted octanol–water partition coefficient (Wildman–Crippen LogP) is 1.61. The van der Waals surface area contributed by atoms with Gasteiger partial charge in [-0.3, -0.25) is 4.21 Å². The second-order valence-corrected chi connectivity index (χ2v) is 7.89. The van der Waals surface area contributed by atoms with E-state index in [0.29, 0.717) is 5.92 Å². The lowest BCUT2D eigenvalue weighted by Gasteiger charge is -2.48. The first-order chi connectivity index (χ1) is 8.19. The summed E-state index contributed by atoms with van der Waals surface area (Å²) in [6.45, 7) is 1.57. The molecule has 3 saturated heterocycles. The third-order valence-corrected chi connectivity index (χ3v) is 6.97. The zero-order valence-electron chi connectivity index (χ0n) is 10.3.